The molecule has 6 heteroatoms. The van der Waals surface area contributed by atoms with Gasteiger partial charge < -0.3 is 10.6 Å². The van der Waals surface area contributed by atoms with Crippen molar-refractivity contribution in [2.45, 2.75) is 20.4 Å². The van der Waals surface area contributed by atoms with E-state index >= 15 is 0 Å². The summed E-state index contributed by atoms with van der Waals surface area (Å²) in [5.74, 6) is 0.0961. The van der Waals surface area contributed by atoms with Gasteiger partial charge in [-0.05, 0) is 25.5 Å². The molecule has 1 amide bonds. The molecule has 0 aliphatic heterocycles. The first-order chi connectivity index (χ1) is 8.97. The summed E-state index contributed by atoms with van der Waals surface area (Å²) in [6.45, 7) is 4.13. The van der Waals surface area contributed by atoms with Crippen molar-refractivity contribution in [2.24, 2.45) is 0 Å². The highest BCUT2D eigenvalue weighted by Gasteiger charge is 2.14. The Balaban J connectivity index is 2.14. The van der Waals surface area contributed by atoms with Crippen molar-refractivity contribution in [2.75, 3.05) is 17.7 Å². The summed E-state index contributed by atoms with van der Waals surface area (Å²) in [4.78, 5) is 17.6. The number of nitrogens with two attached hydrogens (primary N) is 1. The van der Waals surface area contributed by atoms with E-state index in [1.165, 1.54) is 16.6 Å². The second-order valence-corrected chi connectivity index (χ2v) is 4.54. The van der Waals surface area contributed by atoms with Crippen LogP contribution in [-0.4, -0.2) is 27.7 Å². The van der Waals surface area contributed by atoms with Gasteiger partial charge in [0.25, 0.3) is 0 Å². The van der Waals surface area contributed by atoms with Crippen molar-refractivity contribution in [1.29, 1.82) is 0 Å². The number of rotatable bonds is 3. The maximum atomic E-state index is 12.2. The number of likely N-dealkylation sites (N-methyl/N-ethyl adjacent to an activating group) is 1. The minimum Gasteiger partial charge on any atom is -0.367 e. The summed E-state index contributed by atoms with van der Waals surface area (Å²) in [5.41, 5.74) is 8.54. The second kappa shape index (κ2) is 5.09. The third kappa shape index (κ3) is 2.90. The van der Waals surface area contributed by atoms with E-state index in [1.807, 2.05) is 32.0 Å². The molecule has 0 bridgehead atoms. The van der Waals surface area contributed by atoms with Gasteiger partial charge in [-0.15, -0.1) is 5.10 Å². The van der Waals surface area contributed by atoms with Crippen LogP contribution < -0.4 is 10.6 Å². The Hall–Kier alpha value is -2.37. The predicted molar refractivity (Wildman–Crippen MR) is 73.8 cm³/mol. The van der Waals surface area contributed by atoms with Gasteiger partial charge in [-0.2, -0.15) is 0 Å². The van der Waals surface area contributed by atoms with Crippen LogP contribution in [0.3, 0.4) is 0 Å². The van der Waals surface area contributed by atoms with Crippen LogP contribution >= 0.6 is 0 Å². The summed E-state index contributed by atoms with van der Waals surface area (Å²) in [7, 11) is 1.75. The fourth-order valence-corrected chi connectivity index (χ4v) is 1.95. The number of nitrogen functional groups attached to an aromatic ring is 1. The lowest BCUT2D eigenvalue weighted by Crippen LogP contribution is -2.30. The van der Waals surface area contributed by atoms with Crippen LogP contribution in [0.2, 0.25) is 0 Å². The summed E-state index contributed by atoms with van der Waals surface area (Å²) in [6, 6.07) is 5.98. The highest BCUT2D eigenvalue weighted by atomic mass is 16.2. The number of anilines is 2. The van der Waals surface area contributed by atoms with E-state index in [9.17, 15) is 4.79 Å². The topological polar surface area (TPSA) is 77.0 Å². The lowest BCUT2D eigenvalue weighted by Gasteiger charge is -2.19. The SMILES string of the molecule is Cc1ccc(N(C)C(=O)Cn2cnc(N)n2)c(C)c1. The summed E-state index contributed by atoms with van der Waals surface area (Å²) < 4.78 is 1.43. The first-order valence-electron chi connectivity index (χ1n) is 5.96. The van der Waals surface area contributed by atoms with Crippen molar-refractivity contribution >= 4 is 17.5 Å². The van der Waals surface area contributed by atoms with Gasteiger partial charge in [0.2, 0.25) is 11.9 Å². The Morgan fingerprint density at radius 3 is 2.74 bits per heavy atom. The van der Waals surface area contributed by atoms with Gasteiger partial charge in [0.15, 0.2) is 0 Å². The van der Waals surface area contributed by atoms with Gasteiger partial charge in [-0.3, -0.25) is 4.79 Å². The first-order valence-corrected chi connectivity index (χ1v) is 5.96. The second-order valence-electron chi connectivity index (χ2n) is 4.54. The van der Waals surface area contributed by atoms with Crippen molar-refractivity contribution in [3.8, 4) is 0 Å². The van der Waals surface area contributed by atoms with Crippen molar-refractivity contribution in [1.82, 2.24) is 14.8 Å². The van der Waals surface area contributed by atoms with Crippen molar-refractivity contribution in [3.05, 3.63) is 35.7 Å². The minimum atomic E-state index is -0.0724. The molecule has 6 nitrogen and oxygen atoms in total. The highest BCUT2D eigenvalue weighted by molar-refractivity contribution is 5.93. The third-order valence-electron chi connectivity index (χ3n) is 2.94. The van der Waals surface area contributed by atoms with Gasteiger partial charge in [0, 0.05) is 12.7 Å². The average molecular weight is 259 g/mol. The molecular formula is C13H17N5O. The number of carbonyl (C=O) groups excluding carboxylic acids is 1. The lowest BCUT2D eigenvalue weighted by molar-refractivity contribution is -0.119. The predicted octanol–water partition coefficient (Wildman–Crippen LogP) is 1.14. The number of nitrogens with zero attached hydrogens (tertiary/aromatic N) is 4. The van der Waals surface area contributed by atoms with Crippen LogP contribution in [0.5, 0.6) is 0 Å². The van der Waals surface area contributed by atoms with Crippen LogP contribution in [0.25, 0.3) is 0 Å². The van der Waals surface area contributed by atoms with E-state index < -0.39 is 0 Å². The van der Waals surface area contributed by atoms with Crippen LogP contribution in [0.4, 0.5) is 11.6 Å². The monoisotopic (exact) mass is 259 g/mol. The highest BCUT2D eigenvalue weighted by Crippen LogP contribution is 2.20. The molecule has 0 atom stereocenters. The molecule has 0 unspecified atom stereocenters. The normalized spacial score (nSPS) is 10.5. The van der Waals surface area contributed by atoms with Crippen LogP contribution in [0.15, 0.2) is 24.5 Å². The molecule has 0 saturated carbocycles. The summed E-state index contributed by atoms with van der Waals surface area (Å²) >= 11 is 0. The molecule has 100 valence electrons. The zero-order chi connectivity index (χ0) is 14.0. The molecule has 0 aliphatic carbocycles. The van der Waals surface area contributed by atoms with E-state index in [2.05, 4.69) is 10.1 Å². The van der Waals surface area contributed by atoms with E-state index in [4.69, 9.17) is 5.73 Å². The fourth-order valence-electron chi connectivity index (χ4n) is 1.95. The number of aromatic nitrogens is 3. The van der Waals surface area contributed by atoms with E-state index in [1.54, 1.807) is 11.9 Å². The van der Waals surface area contributed by atoms with E-state index in [0.29, 0.717) is 0 Å². The molecule has 0 saturated heterocycles. The van der Waals surface area contributed by atoms with E-state index in [-0.39, 0.29) is 18.4 Å². The van der Waals surface area contributed by atoms with Gasteiger partial charge in [0.1, 0.15) is 12.9 Å². The van der Waals surface area contributed by atoms with Gasteiger partial charge in [-0.1, -0.05) is 17.7 Å². The summed E-state index contributed by atoms with van der Waals surface area (Å²) in [5, 5.41) is 3.90. The zero-order valence-electron chi connectivity index (χ0n) is 11.3. The average Bonchev–Trinajstić information content (AvgIpc) is 2.74. The number of hydrogen-bond donors (Lipinski definition) is 1. The Labute approximate surface area is 111 Å². The van der Waals surface area contributed by atoms with Crippen LogP contribution in [0, 0.1) is 13.8 Å². The van der Waals surface area contributed by atoms with Crippen LogP contribution in [-0.2, 0) is 11.3 Å². The van der Waals surface area contributed by atoms with Crippen molar-refractivity contribution < 1.29 is 4.79 Å². The molecule has 19 heavy (non-hydrogen) atoms. The molecule has 2 rings (SSSR count). The number of hydrogen-bond acceptors (Lipinski definition) is 4. The number of carbonyl (C=O) groups is 1. The molecule has 2 aromatic rings. The maximum absolute atomic E-state index is 12.2. The molecule has 1 heterocycles. The Kier molecular flexibility index (Phi) is 3.50. The molecule has 2 N–H and O–H groups in total. The molecular weight excluding hydrogens is 242 g/mol. The molecule has 0 radical (unpaired) electrons. The molecule has 1 aromatic heterocycles. The maximum Gasteiger partial charge on any atom is 0.248 e. The molecule has 0 fully saturated rings. The third-order valence-corrected chi connectivity index (χ3v) is 2.94. The Morgan fingerprint density at radius 2 is 2.16 bits per heavy atom. The quantitative estimate of drug-likeness (QED) is 0.896. The lowest BCUT2D eigenvalue weighted by atomic mass is 10.1. The number of amides is 1. The number of aryl methyl sites for hydroxylation is 2. The Morgan fingerprint density at radius 1 is 1.42 bits per heavy atom. The fraction of sp³-hybridized carbons (Fsp3) is 0.308. The summed E-state index contributed by atoms with van der Waals surface area (Å²) in [6.07, 6.45) is 1.45. The van der Waals surface area contributed by atoms with E-state index in [0.717, 1.165) is 11.3 Å². The molecule has 0 spiro atoms. The minimum absolute atomic E-state index is 0.0724. The standard InChI is InChI=1S/C13H17N5O/c1-9-4-5-11(10(2)6-9)17(3)12(19)7-18-8-15-13(14)16-18/h4-6,8H,7H2,1-3H3,(H2,14,16). The largest absolute Gasteiger partial charge is 0.367 e. The first kappa shape index (κ1) is 13.1. The number of benzene rings is 1. The molecule has 1 aromatic carbocycles. The van der Waals surface area contributed by atoms with Crippen molar-refractivity contribution in [3.63, 3.8) is 0 Å². The van der Waals surface area contributed by atoms with Gasteiger partial charge >= 0.3 is 0 Å². The smallest absolute Gasteiger partial charge is 0.248 e. The zero-order valence-corrected chi connectivity index (χ0v) is 11.3. The Bertz CT molecular complexity index is 605. The van der Waals surface area contributed by atoms with Gasteiger partial charge in [0.05, 0.1) is 0 Å². The molecule has 0 aliphatic rings. The van der Waals surface area contributed by atoms with Crippen LogP contribution in [0.1, 0.15) is 11.1 Å². The van der Waals surface area contributed by atoms with Gasteiger partial charge in [-0.25, -0.2) is 9.67 Å².